The number of anilines is 6. The third-order valence-corrected chi connectivity index (χ3v) is 25.4. The molecule has 0 N–H and O–H groups in total. The van der Waals surface area contributed by atoms with Crippen molar-refractivity contribution >= 4 is 34.1 Å². The molecule has 0 unspecified atom stereocenters. The first-order valence-corrected chi connectivity index (χ1v) is 40.2. The highest BCUT2D eigenvalue weighted by Gasteiger charge is 2.54. The van der Waals surface area contributed by atoms with Gasteiger partial charge in [-0.1, -0.05) is 378 Å². The van der Waals surface area contributed by atoms with Crippen LogP contribution in [0, 0.1) is 0 Å². The fourth-order valence-electron chi connectivity index (χ4n) is 20.4. The summed E-state index contributed by atoms with van der Waals surface area (Å²) in [5.41, 5.74) is 44.9. The van der Waals surface area contributed by atoms with Crippen molar-refractivity contribution in [3.05, 3.63) is 492 Å². The SMILES string of the molecule is CC1(C)c2ccccc2-c2ccc(N(c3ccc(-c4ccccc4)cc3)c3ccc(-c4cccc5c4-c4ccccc4C54c5ccccc5-c5ccccc54)cc3)cc21.c1ccc(-c2cccc(N(c3ccc(-c4cccc5c4-c4ccccc4C54c5ccccc5-c5ccccc54)cc3)c3cccc(-c4ccccc4)c3)c2)cc1. The molecule has 540 valence electrons. The minimum absolute atomic E-state index is 0.101. The van der Waals surface area contributed by atoms with Gasteiger partial charge >= 0.3 is 0 Å². The predicted molar refractivity (Wildman–Crippen MR) is 480 cm³/mol. The van der Waals surface area contributed by atoms with Gasteiger partial charge in [0.25, 0.3) is 0 Å². The fourth-order valence-corrected chi connectivity index (χ4v) is 20.4. The predicted octanol–water partition coefficient (Wildman–Crippen LogP) is 29.6. The van der Waals surface area contributed by atoms with Crippen molar-refractivity contribution in [2.75, 3.05) is 9.80 Å². The van der Waals surface area contributed by atoms with E-state index in [2.05, 4.69) is 460 Å². The molecular weight excluding hydrogens is 1390 g/mol. The van der Waals surface area contributed by atoms with Gasteiger partial charge in [-0.2, -0.15) is 0 Å². The van der Waals surface area contributed by atoms with Gasteiger partial charge in [0.05, 0.1) is 10.8 Å². The van der Waals surface area contributed by atoms with Crippen molar-refractivity contribution in [1.29, 1.82) is 0 Å². The quantitative estimate of drug-likeness (QED) is 0.127. The molecule has 2 nitrogen and oxygen atoms in total. The first-order valence-electron chi connectivity index (χ1n) is 40.2. The van der Waals surface area contributed by atoms with Gasteiger partial charge in [0.2, 0.25) is 0 Å². The molecule has 5 aliphatic carbocycles. The number of hydrogen-bond donors (Lipinski definition) is 0. The van der Waals surface area contributed by atoms with E-state index < -0.39 is 0 Å². The van der Waals surface area contributed by atoms with Crippen LogP contribution in [0.4, 0.5) is 34.1 Å². The Bertz CT molecular complexity index is 6680. The highest BCUT2D eigenvalue weighted by molar-refractivity contribution is 6.03. The average molecular weight is 1460 g/mol. The van der Waals surface area contributed by atoms with E-state index in [4.69, 9.17) is 0 Å². The molecule has 0 atom stereocenters. The maximum absolute atomic E-state index is 2.42. The minimum atomic E-state index is -0.362. The lowest BCUT2D eigenvalue weighted by molar-refractivity contribution is 0.660. The fraction of sp³-hybridized carbons (Fsp3) is 0.0442. The lowest BCUT2D eigenvalue weighted by Crippen LogP contribution is -2.25. The first kappa shape index (κ1) is 67.5. The Morgan fingerprint density at radius 3 is 0.783 bits per heavy atom. The monoisotopic (exact) mass is 1460 g/mol. The summed E-state index contributed by atoms with van der Waals surface area (Å²) in [7, 11) is 0. The Balaban J connectivity index is 0.000000140. The topological polar surface area (TPSA) is 6.48 Å². The highest BCUT2D eigenvalue weighted by atomic mass is 15.1. The van der Waals surface area contributed by atoms with E-state index in [1.165, 1.54) is 167 Å². The van der Waals surface area contributed by atoms with E-state index in [1.54, 1.807) is 0 Å². The highest BCUT2D eigenvalue weighted by Crippen LogP contribution is 2.66. The van der Waals surface area contributed by atoms with E-state index in [0.717, 1.165) is 34.1 Å². The molecule has 115 heavy (non-hydrogen) atoms. The average Bonchev–Trinajstić information content (AvgIpc) is 1.51. The standard InChI is InChI=1S/C58H41N.C55H37N/c1-57(2)50-22-10-6-17-45(50)48-36-35-43(37-55(48)57)59(41-31-27-39(28-32-41)38-15-4-3-5-16-38)42-33-29-40(30-34-42)44-21-14-26-54-56(44)49-20-9-13-25-53(49)58(54)51-23-11-7-18-46(51)47-19-8-12-24-52(47)58;1-3-16-38(17-4-1)41-20-13-22-44(36-41)56(45-23-14-21-42(37-45)39-18-5-2-6-19-39)43-34-32-40(33-35-43)46-27-15-31-53-54(46)49-26-9-12-30-52(49)55(53)50-28-10-7-24-47(50)48-25-8-11-29-51(48)55/h3-37H,1-2H3;1-37H. The zero-order chi connectivity index (χ0) is 76.4. The number of hydrogen-bond acceptors (Lipinski definition) is 2. The molecule has 0 aromatic heterocycles. The molecule has 0 heterocycles. The molecule has 2 heteroatoms. The molecule has 0 aliphatic heterocycles. The van der Waals surface area contributed by atoms with E-state index in [0.29, 0.717) is 0 Å². The van der Waals surface area contributed by atoms with Crippen LogP contribution in [0.3, 0.4) is 0 Å². The van der Waals surface area contributed by atoms with Gasteiger partial charge in [-0.05, 0) is 240 Å². The molecule has 2 spiro atoms. The zero-order valence-corrected chi connectivity index (χ0v) is 64.0. The van der Waals surface area contributed by atoms with E-state index in [9.17, 15) is 0 Å². The van der Waals surface area contributed by atoms with Gasteiger partial charge in [0, 0.05) is 39.5 Å². The largest absolute Gasteiger partial charge is 0.310 e. The molecular formula is C113H78N2. The van der Waals surface area contributed by atoms with Crippen LogP contribution in [0.5, 0.6) is 0 Å². The second kappa shape index (κ2) is 26.9. The molecule has 0 fully saturated rings. The van der Waals surface area contributed by atoms with Crippen LogP contribution in [-0.4, -0.2) is 0 Å². The number of fused-ring (bicyclic) bond motifs is 23. The van der Waals surface area contributed by atoms with Gasteiger partial charge in [-0.3, -0.25) is 0 Å². The lowest BCUT2D eigenvalue weighted by Gasteiger charge is -2.30. The lowest BCUT2D eigenvalue weighted by atomic mass is 9.70. The minimum Gasteiger partial charge on any atom is -0.310 e. The van der Waals surface area contributed by atoms with Crippen molar-refractivity contribution in [3.8, 4) is 111 Å². The van der Waals surface area contributed by atoms with E-state index in [-0.39, 0.29) is 16.2 Å². The van der Waals surface area contributed by atoms with Gasteiger partial charge in [0.15, 0.2) is 0 Å². The van der Waals surface area contributed by atoms with Crippen LogP contribution in [-0.2, 0) is 16.2 Å². The van der Waals surface area contributed by atoms with Crippen LogP contribution in [0.1, 0.15) is 69.5 Å². The smallest absolute Gasteiger partial charge is 0.0725 e. The molecule has 0 bridgehead atoms. The normalized spacial score (nSPS) is 13.5. The molecule has 18 aromatic rings. The second-order valence-corrected chi connectivity index (χ2v) is 31.6. The van der Waals surface area contributed by atoms with Crippen molar-refractivity contribution in [2.45, 2.75) is 30.1 Å². The maximum atomic E-state index is 2.42. The molecule has 0 amide bonds. The van der Waals surface area contributed by atoms with Gasteiger partial charge in [0.1, 0.15) is 0 Å². The molecule has 23 rings (SSSR count). The van der Waals surface area contributed by atoms with Crippen LogP contribution in [0.15, 0.2) is 437 Å². The number of rotatable bonds is 11. The summed E-state index contributed by atoms with van der Waals surface area (Å²) in [5.74, 6) is 0. The Morgan fingerprint density at radius 2 is 0.391 bits per heavy atom. The van der Waals surface area contributed by atoms with Crippen LogP contribution in [0.25, 0.3) is 111 Å². The first-order chi connectivity index (χ1) is 56.8. The van der Waals surface area contributed by atoms with Gasteiger partial charge in [-0.25, -0.2) is 0 Å². The van der Waals surface area contributed by atoms with Crippen molar-refractivity contribution in [2.24, 2.45) is 0 Å². The Hall–Kier alpha value is -14.4. The third-order valence-electron chi connectivity index (χ3n) is 25.4. The summed E-state index contributed by atoms with van der Waals surface area (Å²) in [4.78, 5) is 4.80. The zero-order valence-electron chi connectivity index (χ0n) is 64.0. The molecule has 5 aliphatic rings. The Kier molecular flexibility index (Phi) is 15.8. The summed E-state index contributed by atoms with van der Waals surface area (Å²) in [6.07, 6.45) is 0. The van der Waals surface area contributed by atoms with Crippen molar-refractivity contribution in [3.63, 3.8) is 0 Å². The van der Waals surface area contributed by atoms with Gasteiger partial charge < -0.3 is 9.80 Å². The van der Waals surface area contributed by atoms with E-state index in [1.807, 2.05) is 0 Å². The van der Waals surface area contributed by atoms with Crippen LogP contribution in [0.2, 0.25) is 0 Å². The number of benzene rings is 18. The van der Waals surface area contributed by atoms with Gasteiger partial charge in [-0.15, -0.1) is 0 Å². The summed E-state index contributed by atoms with van der Waals surface area (Å²) >= 11 is 0. The molecule has 0 saturated heterocycles. The number of nitrogens with zero attached hydrogens (tertiary/aromatic N) is 2. The molecule has 0 radical (unpaired) electrons. The third kappa shape index (κ3) is 10.4. The summed E-state index contributed by atoms with van der Waals surface area (Å²) in [5, 5.41) is 0. The molecule has 0 saturated carbocycles. The van der Waals surface area contributed by atoms with E-state index >= 15 is 0 Å². The second-order valence-electron chi connectivity index (χ2n) is 31.6. The Labute approximate surface area is 673 Å². The van der Waals surface area contributed by atoms with Crippen LogP contribution < -0.4 is 9.80 Å². The summed E-state index contributed by atoms with van der Waals surface area (Å²) < 4.78 is 0. The summed E-state index contributed by atoms with van der Waals surface area (Å²) in [6.45, 7) is 4.72. The Morgan fingerprint density at radius 1 is 0.148 bits per heavy atom. The van der Waals surface area contributed by atoms with Crippen molar-refractivity contribution in [1.82, 2.24) is 0 Å². The molecule has 18 aromatic carbocycles. The van der Waals surface area contributed by atoms with Crippen molar-refractivity contribution < 1.29 is 0 Å². The summed E-state index contributed by atoms with van der Waals surface area (Å²) in [6, 6.07) is 161. The maximum Gasteiger partial charge on any atom is 0.0725 e. The van der Waals surface area contributed by atoms with Crippen LogP contribution >= 0.6 is 0 Å².